The minimum absolute atomic E-state index is 0.0246. The van der Waals surface area contributed by atoms with Gasteiger partial charge >= 0.3 is 0 Å². The summed E-state index contributed by atoms with van der Waals surface area (Å²) in [6.45, 7) is 3.35. The summed E-state index contributed by atoms with van der Waals surface area (Å²) in [5.41, 5.74) is 2.37. The molecule has 3 rings (SSSR count). The summed E-state index contributed by atoms with van der Waals surface area (Å²) in [7, 11) is 1.67. The zero-order valence-corrected chi connectivity index (χ0v) is 12.9. The Balaban J connectivity index is 1.60. The van der Waals surface area contributed by atoms with Gasteiger partial charge in [0.1, 0.15) is 5.75 Å². The minimum atomic E-state index is -0.0246. The number of H-pyrrole nitrogens is 1. The van der Waals surface area contributed by atoms with Crippen LogP contribution < -0.4 is 4.74 Å². The van der Waals surface area contributed by atoms with Crippen LogP contribution in [0.2, 0.25) is 0 Å². The van der Waals surface area contributed by atoms with E-state index >= 15 is 0 Å². The summed E-state index contributed by atoms with van der Waals surface area (Å²) >= 11 is 0. The van der Waals surface area contributed by atoms with Crippen LogP contribution in [0.5, 0.6) is 5.75 Å². The Bertz CT molecular complexity index is 650. The number of rotatable bonds is 4. The molecular formula is C16H20N4O2. The van der Waals surface area contributed by atoms with Crippen molar-refractivity contribution < 1.29 is 9.53 Å². The molecule has 1 atom stereocenters. The standard InChI is InChI=1S/C16H20N4O2/c1-11-15(18-19-17-11)16(21)20-8-7-13(10-20)9-12-3-5-14(22-2)6-4-12/h3-6,13H,7-10H2,1-2H3,(H,17,18,19). The molecule has 6 heteroatoms. The first-order valence-electron chi connectivity index (χ1n) is 7.47. The SMILES string of the molecule is COc1ccc(CC2CCN(C(=O)c3n[nH]nc3C)C2)cc1. The number of carbonyl (C=O) groups excluding carboxylic acids is 1. The second-order valence-electron chi connectivity index (χ2n) is 5.72. The van der Waals surface area contributed by atoms with Crippen LogP contribution in [0.15, 0.2) is 24.3 Å². The van der Waals surface area contributed by atoms with E-state index in [0.29, 0.717) is 17.3 Å². The highest BCUT2D eigenvalue weighted by Crippen LogP contribution is 2.23. The predicted molar refractivity (Wildman–Crippen MR) is 81.8 cm³/mol. The molecular weight excluding hydrogens is 280 g/mol. The van der Waals surface area contributed by atoms with Gasteiger partial charge in [-0.2, -0.15) is 15.4 Å². The molecule has 1 unspecified atom stereocenters. The monoisotopic (exact) mass is 300 g/mol. The number of ether oxygens (including phenoxy) is 1. The summed E-state index contributed by atoms with van der Waals surface area (Å²) in [6, 6.07) is 8.13. The predicted octanol–water partition coefficient (Wildman–Crippen LogP) is 1.83. The summed E-state index contributed by atoms with van der Waals surface area (Å²) in [5.74, 6) is 1.33. The lowest BCUT2D eigenvalue weighted by Gasteiger charge is -2.15. The average molecular weight is 300 g/mol. The number of aryl methyl sites for hydroxylation is 1. The zero-order valence-electron chi connectivity index (χ0n) is 12.9. The molecule has 1 fully saturated rings. The van der Waals surface area contributed by atoms with Crippen molar-refractivity contribution in [3.8, 4) is 5.75 Å². The molecule has 1 amide bonds. The van der Waals surface area contributed by atoms with Crippen molar-refractivity contribution in [2.24, 2.45) is 5.92 Å². The number of nitrogens with zero attached hydrogens (tertiary/aromatic N) is 3. The van der Waals surface area contributed by atoms with Gasteiger partial charge in [0.2, 0.25) is 0 Å². The van der Waals surface area contributed by atoms with Crippen LogP contribution in [-0.2, 0) is 6.42 Å². The lowest BCUT2D eigenvalue weighted by molar-refractivity contribution is 0.0780. The van der Waals surface area contributed by atoms with Crippen molar-refractivity contribution in [3.63, 3.8) is 0 Å². The normalized spacial score (nSPS) is 17.7. The van der Waals surface area contributed by atoms with E-state index in [-0.39, 0.29) is 5.91 Å². The maximum atomic E-state index is 12.4. The van der Waals surface area contributed by atoms with E-state index in [1.807, 2.05) is 17.0 Å². The quantitative estimate of drug-likeness (QED) is 0.935. The van der Waals surface area contributed by atoms with E-state index in [4.69, 9.17) is 4.74 Å². The Morgan fingerprint density at radius 2 is 2.14 bits per heavy atom. The minimum Gasteiger partial charge on any atom is -0.497 e. The smallest absolute Gasteiger partial charge is 0.276 e. The summed E-state index contributed by atoms with van der Waals surface area (Å²) in [5, 5.41) is 10.4. The lowest BCUT2D eigenvalue weighted by atomic mass is 9.99. The number of carbonyl (C=O) groups is 1. The molecule has 0 radical (unpaired) electrons. The topological polar surface area (TPSA) is 71.1 Å². The van der Waals surface area contributed by atoms with Crippen LogP contribution >= 0.6 is 0 Å². The molecule has 1 saturated heterocycles. The first kappa shape index (κ1) is 14.6. The van der Waals surface area contributed by atoms with Gasteiger partial charge in [-0.25, -0.2) is 0 Å². The fourth-order valence-corrected chi connectivity index (χ4v) is 2.91. The zero-order chi connectivity index (χ0) is 15.5. The average Bonchev–Trinajstić information content (AvgIpc) is 3.16. The molecule has 0 saturated carbocycles. The van der Waals surface area contributed by atoms with E-state index in [1.165, 1.54) is 5.56 Å². The molecule has 0 bridgehead atoms. The van der Waals surface area contributed by atoms with Crippen molar-refractivity contribution in [1.82, 2.24) is 20.3 Å². The summed E-state index contributed by atoms with van der Waals surface area (Å²) in [4.78, 5) is 14.3. The van der Waals surface area contributed by atoms with Crippen LogP contribution in [0.1, 0.15) is 28.2 Å². The van der Waals surface area contributed by atoms with E-state index in [1.54, 1.807) is 14.0 Å². The second-order valence-corrected chi connectivity index (χ2v) is 5.72. The number of hydrogen-bond donors (Lipinski definition) is 1. The Kier molecular flexibility index (Phi) is 4.09. The molecule has 2 heterocycles. The third-order valence-electron chi connectivity index (χ3n) is 4.18. The third-order valence-corrected chi connectivity index (χ3v) is 4.18. The highest BCUT2D eigenvalue weighted by Gasteiger charge is 2.29. The van der Waals surface area contributed by atoms with Gasteiger partial charge in [0.15, 0.2) is 5.69 Å². The van der Waals surface area contributed by atoms with Gasteiger partial charge in [-0.15, -0.1) is 0 Å². The Hall–Kier alpha value is -2.37. The van der Waals surface area contributed by atoms with Gasteiger partial charge < -0.3 is 9.64 Å². The third kappa shape index (κ3) is 2.95. The second kappa shape index (κ2) is 6.17. The van der Waals surface area contributed by atoms with Gasteiger partial charge in [-0.3, -0.25) is 4.79 Å². The van der Waals surface area contributed by atoms with Crippen molar-refractivity contribution in [2.75, 3.05) is 20.2 Å². The number of aromatic nitrogens is 3. The molecule has 1 aliphatic heterocycles. The number of benzene rings is 1. The van der Waals surface area contributed by atoms with Gasteiger partial charge in [0, 0.05) is 13.1 Å². The molecule has 1 aromatic carbocycles. The van der Waals surface area contributed by atoms with Crippen molar-refractivity contribution in [1.29, 1.82) is 0 Å². The number of likely N-dealkylation sites (tertiary alicyclic amines) is 1. The summed E-state index contributed by atoms with van der Waals surface area (Å²) < 4.78 is 5.17. The van der Waals surface area contributed by atoms with E-state index in [0.717, 1.165) is 31.7 Å². The molecule has 22 heavy (non-hydrogen) atoms. The van der Waals surface area contributed by atoms with Crippen molar-refractivity contribution >= 4 is 5.91 Å². The first-order chi connectivity index (χ1) is 10.7. The molecule has 0 spiro atoms. The van der Waals surface area contributed by atoms with Crippen LogP contribution in [0, 0.1) is 12.8 Å². The highest BCUT2D eigenvalue weighted by atomic mass is 16.5. The maximum absolute atomic E-state index is 12.4. The van der Waals surface area contributed by atoms with Crippen LogP contribution in [-0.4, -0.2) is 46.4 Å². The van der Waals surface area contributed by atoms with Gasteiger partial charge in [0.25, 0.3) is 5.91 Å². The van der Waals surface area contributed by atoms with Gasteiger partial charge in [-0.1, -0.05) is 12.1 Å². The fourth-order valence-electron chi connectivity index (χ4n) is 2.91. The highest BCUT2D eigenvalue weighted by molar-refractivity contribution is 5.93. The number of amides is 1. The first-order valence-corrected chi connectivity index (χ1v) is 7.47. The van der Waals surface area contributed by atoms with Crippen molar-refractivity contribution in [3.05, 3.63) is 41.2 Å². The lowest BCUT2D eigenvalue weighted by Crippen LogP contribution is -2.29. The molecule has 1 aromatic heterocycles. The summed E-state index contributed by atoms with van der Waals surface area (Å²) in [6.07, 6.45) is 2.00. The van der Waals surface area contributed by atoms with E-state index in [9.17, 15) is 4.79 Å². The molecule has 116 valence electrons. The number of aromatic amines is 1. The van der Waals surface area contributed by atoms with Crippen LogP contribution in [0.3, 0.4) is 0 Å². The molecule has 1 aliphatic rings. The molecule has 6 nitrogen and oxygen atoms in total. The van der Waals surface area contributed by atoms with Crippen LogP contribution in [0.4, 0.5) is 0 Å². The Morgan fingerprint density at radius 1 is 1.36 bits per heavy atom. The van der Waals surface area contributed by atoms with Crippen LogP contribution in [0.25, 0.3) is 0 Å². The van der Waals surface area contributed by atoms with E-state index in [2.05, 4.69) is 27.5 Å². The molecule has 0 aliphatic carbocycles. The number of hydrogen-bond acceptors (Lipinski definition) is 4. The number of methoxy groups -OCH3 is 1. The number of nitrogens with one attached hydrogen (secondary N) is 1. The fraction of sp³-hybridized carbons (Fsp3) is 0.438. The Labute approximate surface area is 129 Å². The van der Waals surface area contributed by atoms with Crippen molar-refractivity contribution in [2.45, 2.75) is 19.8 Å². The van der Waals surface area contributed by atoms with Gasteiger partial charge in [0.05, 0.1) is 12.8 Å². The largest absolute Gasteiger partial charge is 0.497 e. The Morgan fingerprint density at radius 3 is 2.77 bits per heavy atom. The van der Waals surface area contributed by atoms with E-state index < -0.39 is 0 Å². The maximum Gasteiger partial charge on any atom is 0.276 e. The van der Waals surface area contributed by atoms with Gasteiger partial charge in [-0.05, 0) is 43.4 Å². The molecule has 2 aromatic rings. The molecule has 1 N–H and O–H groups in total.